The fourth-order valence-corrected chi connectivity index (χ4v) is 5.26. The molecule has 0 spiro atoms. The highest BCUT2D eigenvalue weighted by molar-refractivity contribution is 7.89. The van der Waals surface area contributed by atoms with Gasteiger partial charge < -0.3 is 0 Å². The van der Waals surface area contributed by atoms with Crippen LogP contribution in [0.4, 0.5) is 0 Å². The highest BCUT2D eigenvalue weighted by Gasteiger charge is 2.39. The molecule has 1 aliphatic rings. The van der Waals surface area contributed by atoms with Gasteiger partial charge >= 0.3 is 0 Å². The van der Waals surface area contributed by atoms with Crippen LogP contribution < -0.4 is 4.72 Å². The summed E-state index contributed by atoms with van der Waals surface area (Å²) < 4.78 is 27.8. The van der Waals surface area contributed by atoms with Gasteiger partial charge in [0.05, 0.1) is 4.90 Å². The minimum atomic E-state index is -3.56. The summed E-state index contributed by atoms with van der Waals surface area (Å²) in [6, 6.07) is 2.79. The third kappa shape index (κ3) is 4.41. The number of sulfonamides is 1. The van der Waals surface area contributed by atoms with Gasteiger partial charge in [-0.05, 0) is 42.2 Å². The van der Waals surface area contributed by atoms with Crippen molar-refractivity contribution in [1.29, 1.82) is 0 Å². The molecule has 1 aromatic heterocycles. The van der Waals surface area contributed by atoms with E-state index in [2.05, 4.69) is 37.4 Å². The molecule has 1 heterocycles. The Morgan fingerprint density at radius 2 is 1.81 bits per heavy atom. The Hall–Kier alpha value is -0.650. The molecule has 0 aromatic carbocycles. The average Bonchev–Trinajstić information content (AvgIpc) is 2.23. The number of aromatic nitrogens is 1. The Morgan fingerprint density at radius 1 is 1.24 bits per heavy atom. The van der Waals surface area contributed by atoms with Gasteiger partial charge in [-0.2, -0.15) is 0 Å². The molecule has 0 unspecified atom stereocenters. The first-order chi connectivity index (χ1) is 9.49. The molecule has 1 fully saturated rings. The molecule has 1 aromatic rings. The molecule has 0 radical (unpaired) electrons. The van der Waals surface area contributed by atoms with Gasteiger partial charge in [-0.15, -0.1) is 0 Å². The van der Waals surface area contributed by atoms with Crippen molar-refractivity contribution in [3.8, 4) is 0 Å². The summed E-state index contributed by atoms with van der Waals surface area (Å²) in [6.07, 6.45) is 4.19. The van der Waals surface area contributed by atoms with Gasteiger partial charge in [0, 0.05) is 12.2 Å². The van der Waals surface area contributed by atoms with E-state index in [4.69, 9.17) is 11.6 Å². The maximum absolute atomic E-state index is 12.5. The van der Waals surface area contributed by atoms with E-state index in [-0.39, 0.29) is 26.9 Å². The van der Waals surface area contributed by atoms with Crippen molar-refractivity contribution >= 4 is 21.6 Å². The Morgan fingerprint density at radius 3 is 2.33 bits per heavy atom. The first-order valence-electron chi connectivity index (χ1n) is 7.13. The average molecular weight is 331 g/mol. The van der Waals surface area contributed by atoms with Crippen LogP contribution in [-0.4, -0.2) is 19.4 Å². The van der Waals surface area contributed by atoms with Crippen molar-refractivity contribution in [3.63, 3.8) is 0 Å². The molecular weight excluding hydrogens is 308 g/mol. The summed E-state index contributed by atoms with van der Waals surface area (Å²) in [5, 5.41) is 0.183. The molecule has 1 aliphatic carbocycles. The van der Waals surface area contributed by atoms with E-state index in [9.17, 15) is 8.42 Å². The van der Waals surface area contributed by atoms with Gasteiger partial charge in [-0.3, -0.25) is 0 Å². The van der Waals surface area contributed by atoms with E-state index in [0.29, 0.717) is 0 Å². The van der Waals surface area contributed by atoms with Crippen LogP contribution in [0.25, 0.3) is 0 Å². The first kappa shape index (κ1) is 16.7. The quantitative estimate of drug-likeness (QED) is 0.861. The zero-order valence-electron chi connectivity index (χ0n) is 13.0. The molecule has 0 bridgehead atoms. The van der Waals surface area contributed by atoms with Crippen molar-refractivity contribution in [2.24, 2.45) is 10.8 Å². The van der Waals surface area contributed by atoms with E-state index < -0.39 is 10.0 Å². The number of pyridine rings is 1. The SMILES string of the molecule is CC1(C)CC(NS(=O)(=O)c2ccnc(Cl)c2)CC(C)(C)C1. The summed E-state index contributed by atoms with van der Waals surface area (Å²) in [6.45, 7) is 8.77. The fraction of sp³-hybridized carbons (Fsp3) is 0.667. The lowest BCUT2D eigenvalue weighted by Crippen LogP contribution is -2.45. The van der Waals surface area contributed by atoms with Gasteiger partial charge in [0.1, 0.15) is 5.15 Å². The lowest BCUT2D eigenvalue weighted by Gasteiger charge is -2.45. The number of nitrogens with zero attached hydrogens (tertiary/aromatic N) is 1. The van der Waals surface area contributed by atoms with Crippen LogP contribution in [0, 0.1) is 10.8 Å². The molecule has 0 atom stereocenters. The van der Waals surface area contributed by atoms with Crippen LogP contribution in [0.15, 0.2) is 23.2 Å². The van der Waals surface area contributed by atoms with Crippen molar-refractivity contribution < 1.29 is 8.42 Å². The zero-order chi connectivity index (χ0) is 15.9. The van der Waals surface area contributed by atoms with E-state index in [1.165, 1.54) is 18.3 Å². The van der Waals surface area contributed by atoms with E-state index in [0.717, 1.165) is 19.3 Å². The molecule has 1 N–H and O–H groups in total. The second-order valence-corrected chi connectivity index (χ2v) is 9.65. The lowest BCUT2D eigenvalue weighted by atomic mass is 9.64. The molecule has 0 amide bonds. The standard InChI is InChI=1S/C15H23ClN2O2S/c1-14(2)8-11(9-15(3,4)10-14)18-21(19,20)12-5-6-17-13(16)7-12/h5-7,11,18H,8-10H2,1-4H3. The third-order valence-corrected chi connectivity index (χ3v) is 5.61. The van der Waals surface area contributed by atoms with Crippen molar-refractivity contribution in [2.45, 2.75) is 57.9 Å². The highest BCUT2D eigenvalue weighted by Crippen LogP contribution is 2.45. The molecule has 0 aliphatic heterocycles. The van der Waals surface area contributed by atoms with Crippen LogP contribution in [-0.2, 0) is 10.0 Å². The number of hydrogen-bond donors (Lipinski definition) is 1. The number of rotatable bonds is 3. The largest absolute Gasteiger partial charge is 0.244 e. The minimum Gasteiger partial charge on any atom is -0.244 e. The van der Waals surface area contributed by atoms with Gasteiger partial charge in [0.2, 0.25) is 10.0 Å². The number of hydrogen-bond acceptors (Lipinski definition) is 3. The van der Waals surface area contributed by atoms with Gasteiger partial charge in [-0.25, -0.2) is 18.1 Å². The number of nitrogens with one attached hydrogen (secondary N) is 1. The predicted molar refractivity (Wildman–Crippen MR) is 84.8 cm³/mol. The summed E-state index contributed by atoms with van der Waals surface area (Å²) in [4.78, 5) is 3.99. The highest BCUT2D eigenvalue weighted by atomic mass is 35.5. The maximum Gasteiger partial charge on any atom is 0.240 e. The summed E-state index contributed by atoms with van der Waals surface area (Å²) in [5.74, 6) is 0. The Kier molecular flexibility index (Phi) is 4.40. The molecule has 6 heteroatoms. The molecule has 0 saturated heterocycles. The Balaban J connectivity index is 2.20. The predicted octanol–water partition coefficient (Wildman–Crippen LogP) is 3.62. The molecule has 118 valence electrons. The second kappa shape index (κ2) is 5.52. The van der Waals surface area contributed by atoms with Crippen LogP contribution in [0.1, 0.15) is 47.0 Å². The Labute approximate surface area is 132 Å². The smallest absolute Gasteiger partial charge is 0.240 e. The Bertz CT molecular complexity index is 610. The summed E-state index contributed by atoms with van der Waals surface area (Å²) in [7, 11) is -3.56. The van der Waals surface area contributed by atoms with Crippen LogP contribution in [0.2, 0.25) is 5.15 Å². The second-order valence-electron chi connectivity index (χ2n) is 7.55. The molecule has 2 rings (SSSR count). The topological polar surface area (TPSA) is 59.1 Å². The van der Waals surface area contributed by atoms with Crippen LogP contribution >= 0.6 is 11.6 Å². The van der Waals surface area contributed by atoms with Crippen LogP contribution in [0.5, 0.6) is 0 Å². The van der Waals surface area contributed by atoms with Gasteiger partial charge in [0.15, 0.2) is 0 Å². The normalized spacial score (nSPS) is 22.1. The van der Waals surface area contributed by atoms with Crippen molar-refractivity contribution in [3.05, 3.63) is 23.5 Å². The summed E-state index contributed by atoms with van der Waals surface area (Å²) in [5.41, 5.74) is 0.260. The monoisotopic (exact) mass is 330 g/mol. The first-order valence-corrected chi connectivity index (χ1v) is 8.99. The third-order valence-electron chi connectivity index (χ3n) is 3.89. The minimum absolute atomic E-state index is 0.0549. The van der Waals surface area contributed by atoms with Gasteiger partial charge in [0.25, 0.3) is 0 Å². The lowest BCUT2D eigenvalue weighted by molar-refractivity contribution is 0.0934. The summed E-state index contributed by atoms with van der Waals surface area (Å²) >= 11 is 5.78. The maximum atomic E-state index is 12.5. The van der Waals surface area contributed by atoms with Crippen LogP contribution in [0.3, 0.4) is 0 Å². The zero-order valence-corrected chi connectivity index (χ0v) is 14.6. The molecule has 1 saturated carbocycles. The fourth-order valence-electron chi connectivity index (χ4n) is 3.77. The van der Waals surface area contributed by atoms with E-state index in [1.807, 2.05) is 0 Å². The molecular formula is C15H23ClN2O2S. The van der Waals surface area contributed by atoms with E-state index >= 15 is 0 Å². The van der Waals surface area contributed by atoms with Gasteiger partial charge in [-0.1, -0.05) is 39.3 Å². The molecule has 21 heavy (non-hydrogen) atoms. The van der Waals surface area contributed by atoms with Crippen molar-refractivity contribution in [2.75, 3.05) is 0 Å². The van der Waals surface area contributed by atoms with Crippen molar-refractivity contribution in [1.82, 2.24) is 9.71 Å². The number of halogens is 1. The van der Waals surface area contributed by atoms with E-state index in [1.54, 1.807) is 0 Å². The molecule has 4 nitrogen and oxygen atoms in total.